The number of rotatable bonds is 0. The van der Waals surface area contributed by atoms with Gasteiger partial charge in [0.15, 0.2) is 0 Å². The Kier molecular flexibility index (Phi) is 0.768. The third-order valence-electron chi connectivity index (χ3n) is 4.69. The number of fused-ring (bicyclic) bond motifs is 4. The molecule has 6 atom stereocenters. The monoisotopic (exact) mass is 160 g/mol. The van der Waals surface area contributed by atoms with Crippen LogP contribution in [0, 0.1) is 35.5 Å². The minimum absolute atomic E-state index is 0.527. The van der Waals surface area contributed by atoms with E-state index in [2.05, 4.69) is 12.2 Å². The summed E-state index contributed by atoms with van der Waals surface area (Å²) in [5.41, 5.74) is 0. The molecule has 4 aliphatic carbocycles. The quantitative estimate of drug-likeness (QED) is 0.492. The number of hydrogen-bond donors (Lipinski definition) is 0. The zero-order valence-corrected chi connectivity index (χ0v) is 6.94. The van der Waals surface area contributed by atoms with Crippen LogP contribution in [0.4, 0.5) is 0 Å². The van der Waals surface area contributed by atoms with Gasteiger partial charge in [0.1, 0.15) is 5.78 Å². The molecule has 0 spiro atoms. The summed E-state index contributed by atoms with van der Waals surface area (Å²) in [5.74, 6) is 5.26. The number of ketones is 1. The number of hydrogen-bond acceptors (Lipinski definition) is 1. The summed E-state index contributed by atoms with van der Waals surface area (Å²) >= 11 is 0. The minimum Gasteiger partial charge on any atom is -0.299 e. The van der Waals surface area contributed by atoms with Gasteiger partial charge in [-0.15, -0.1) is 0 Å². The summed E-state index contributed by atoms with van der Waals surface area (Å²) in [4.78, 5) is 11.5. The van der Waals surface area contributed by atoms with Gasteiger partial charge in [0.2, 0.25) is 0 Å². The summed E-state index contributed by atoms with van der Waals surface area (Å²) < 4.78 is 0. The first kappa shape index (κ1) is 5.95. The van der Waals surface area contributed by atoms with Crippen molar-refractivity contribution < 1.29 is 4.79 Å². The van der Waals surface area contributed by atoms with Gasteiger partial charge in [-0.1, -0.05) is 12.2 Å². The molecule has 0 N–H and O–H groups in total. The number of allylic oxidation sites excluding steroid dienone is 2. The second-order valence-electron chi connectivity index (χ2n) is 4.92. The molecule has 0 aromatic rings. The van der Waals surface area contributed by atoms with Gasteiger partial charge in [0.05, 0.1) is 0 Å². The topological polar surface area (TPSA) is 17.1 Å². The van der Waals surface area contributed by atoms with Crippen molar-refractivity contribution in [2.45, 2.75) is 12.8 Å². The zero-order valence-electron chi connectivity index (χ0n) is 6.94. The molecule has 3 fully saturated rings. The van der Waals surface area contributed by atoms with Gasteiger partial charge in [-0.05, 0) is 36.0 Å². The van der Waals surface area contributed by atoms with E-state index in [4.69, 9.17) is 0 Å². The lowest BCUT2D eigenvalue weighted by molar-refractivity contribution is -0.119. The maximum atomic E-state index is 11.5. The Balaban J connectivity index is 1.83. The van der Waals surface area contributed by atoms with Crippen molar-refractivity contribution in [2.24, 2.45) is 35.5 Å². The highest BCUT2D eigenvalue weighted by Crippen LogP contribution is 2.73. The highest BCUT2D eigenvalue weighted by molar-refractivity contribution is 5.88. The normalized spacial score (nSPS) is 63.8. The van der Waals surface area contributed by atoms with Crippen molar-refractivity contribution in [3.8, 4) is 0 Å². The molecule has 1 nitrogen and oxygen atoms in total. The second kappa shape index (κ2) is 1.55. The average Bonchev–Trinajstić information content (AvgIpc) is 2.41. The van der Waals surface area contributed by atoms with Gasteiger partial charge in [0, 0.05) is 12.3 Å². The summed E-state index contributed by atoms with van der Waals surface area (Å²) in [6.07, 6.45) is 6.92. The number of carbonyl (C=O) groups is 1. The SMILES string of the molecule is O=C1C[C@@H]2C3[C@@H]([C@H]4C=CC[C@H]42)[C@@H]13. The smallest absolute Gasteiger partial charge is 0.136 e. The van der Waals surface area contributed by atoms with Crippen LogP contribution >= 0.6 is 0 Å². The predicted octanol–water partition coefficient (Wildman–Crippen LogP) is 1.64. The van der Waals surface area contributed by atoms with Crippen molar-refractivity contribution in [1.29, 1.82) is 0 Å². The summed E-state index contributed by atoms with van der Waals surface area (Å²) in [5, 5.41) is 0. The van der Waals surface area contributed by atoms with Crippen LogP contribution in [-0.2, 0) is 4.79 Å². The molecule has 1 heteroatoms. The molecule has 0 aliphatic heterocycles. The zero-order chi connectivity index (χ0) is 7.87. The lowest BCUT2D eigenvalue weighted by atomic mass is 9.87. The first-order chi connectivity index (χ1) is 5.88. The molecule has 0 radical (unpaired) electrons. The van der Waals surface area contributed by atoms with E-state index in [-0.39, 0.29) is 0 Å². The molecule has 4 aliphatic rings. The van der Waals surface area contributed by atoms with Crippen LogP contribution in [0.15, 0.2) is 12.2 Å². The fourth-order valence-corrected chi connectivity index (χ4v) is 4.34. The Morgan fingerprint density at radius 3 is 3.08 bits per heavy atom. The first-order valence-corrected chi connectivity index (χ1v) is 5.07. The van der Waals surface area contributed by atoms with E-state index in [0.717, 1.165) is 36.0 Å². The van der Waals surface area contributed by atoms with Crippen LogP contribution in [0.25, 0.3) is 0 Å². The highest BCUT2D eigenvalue weighted by atomic mass is 16.1. The van der Waals surface area contributed by atoms with E-state index in [9.17, 15) is 4.79 Å². The van der Waals surface area contributed by atoms with E-state index >= 15 is 0 Å². The molecule has 0 bridgehead atoms. The second-order valence-corrected chi connectivity index (χ2v) is 4.92. The Labute approximate surface area is 71.8 Å². The molecule has 1 unspecified atom stereocenters. The van der Waals surface area contributed by atoms with Gasteiger partial charge >= 0.3 is 0 Å². The van der Waals surface area contributed by atoms with Crippen molar-refractivity contribution in [1.82, 2.24) is 0 Å². The standard InChI is InChI=1S/C11H12O/c12-8-4-7-5-2-1-3-6(5)9-10(7)11(8)9/h1,3,5-7,9-11H,2,4H2/t5-,6+,7+,9-,10?,11-/m1/s1. The van der Waals surface area contributed by atoms with Crippen molar-refractivity contribution >= 4 is 5.78 Å². The van der Waals surface area contributed by atoms with Crippen LogP contribution in [0.3, 0.4) is 0 Å². The maximum Gasteiger partial charge on any atom is 0.136 e. The van der Waals surface area contributed by atoms with Gasteiger partial charge in [-0.25, -0.2) is 0 Å². The van der Waals surface area contributed by atoms with E-state index in [0.29, 0.717) is 11.7 Å². The van der Waals surface area contributed by atoms with Crippen LogP contribution in [0.1, 0.15) is 12.8 Å². The largest absolute Gasteiger partial charge is 0.299 e. The number of Topliss-reactive ketones (excluding diaryl/α,β-unsaturated/α-hetero) is 1. The minimum atomic E-state index is 0.527. The highest BCUT2D eigenvalue weighted by Gasteiger charge is 2.72. The Morgan fingerprint density at radius 2 is 2.17 bits per heavy atom. The van der Waals surface area contributed by atoms with Gasteiger partial charge in [-0.3, -0.25) is 4.79 Å². The molecule has 0 aromatic carbocycles. The lowest BCUT2D eigenvalue weighted by Gasteiger charge is -2.16. The molecular weight excluding hydrogens is 148 g/mol. The summed E-state index contributed by atoms with van der Waals surface area (Å²) in [7, 11) is 0. The van der Waals surface area contributed by atoms with E-state index in [1.807, 2.05) is 0 Å². The van der Waals surface area contributed by atoms with Crippen molar-refractivity contribution in [3.63, 3.8) is 0 Å². The fraction of sp³-hybridized carbons (Fsp3) is 0.727. The fourth-order valence-electron chi connectivity index (χ4n) is 4.34. The van der Waals surface area contributed by atoms with Crippen LogP contribution in [0.2, 0.25) is 0 Å². The predicted molar refractivity (Wildman–Crippen MR) is 44.3 cm³/mol. The van der Waals surface area contributed by atoms with Crippen LogP contribution < -0.4 is 0 Å². The third-order valence-corrected chi connectivity index (χ3v) is 4.69. The van der Waals surface area contributed by atoms with Crippen molar-refractivity contribution in [2.75, 3.05) is 0 Å². The Hall–Kier alpha value is -0.590. The first-order valence-electron chi connectivity index (χ1n) is 5.07. The van der Waals surface area contributed by atoms with Crippen LogP contribution in [0.5, 0.6) is 0 Å². The Bertz CT molecular complexity index is 304. The van der Waals surface area contributed by atoms with Crippen molar-refractivity contribution in [3.05, 3.63) is 12.2 Å². The average molecular weight is 160 g/mol. The number of carbonyl (C=O) groups excluding carboxylic acids is 1. The molecule has 0 saturated heterocycles. The molecule has 4 rings (SSSR count). The molecular formula is C11H12O. The van der Waals surface area contributed by atoms with Gasteiger partial charge in [0.25, 0.3) is 0 Å². The van der Waals surface area contributed by atoms with Gasteiger partial charge in [-0.2, -0.15) is 0 Å². The molecule has 12 heavy (non-hydrogen) atoms. The molecule has 0 heterocycles. The van der Waals surface area contributed by atoms with Gasteiger partial charge < -0.3 is 0 Å². The summed E-state index contributed by atoms with van der Waals surface area (Å²) in [6.45, 7) is 0. The van der Waals surface area contributed by atoms with E-state index < -0.39 is 0 Å². The van der Waals surface area contributed by atoms with E-state index in [1.165, 1.54) is 6.42 Å². The molecule has 62 valence electrons. The maximum absolute atomic E-state index is 11.5. The Morgan fingerprint density at radius 1 is 1.25 bits per heavy atom. The lowest BCUT2D eigenvalue weighted by Crippen LogP contribution is -2.11. The molecule has 3 saturated carbocycles. The molecule has 0 amide bonds. The molecule has 0 aromatic heterocycles. The van der Waals surface area contributed by atoms with Crippen LogP contribution in [-0.4, -0.2) is 5.78 Å². The van der Waals surface area contributed by atoms with E-state index in [1.54, 1.807) is 0 Å². The third kappa shape index (κ3) is 0.429. The summed E-state index contributed by atoms with van der Waals surface area (Å²) in [6, 6.07) is 0.